The largest absolute Gasteiger partial charge is 0.490 e. The van der Waals surface area contributed by atoms with Gasteiger partial charge in [0.25, 0.3) is 0 Å². The lowest BCUT2D eigenvalue weighted by atomic mass is 10.1. The van der Waals surface area contributed by atoms with Gasteiger partial charge in [-0.15, -0.1) is 0 Å². The van der Waals surface area contributed by atoms with Crippen LogP contribution < -0.4 is 11.5 Å². The number of aliphatic hydroxyl groups excluding tert-OH is 2. The zero-order valence-electron chi connectivity index (χ0n) is 25.5. The lowest BCUT2D eigenvalue weighted by Gasteiger charge is -2.21. The third-order valence-electron chi connectivity index (χ3n) is 7.61. The summed E-state index contributed by atoms with van der Waals surface area (Å²) in [5.41, 5.74) is 14.2. The molecule has 2 aliphatic rings. The van der Waals surface area contributed by atoms with Crippen molar-refractivity contribution in [1.29, 1.82) is 0 Å². The highest BCUT2D eigenvalue weighted by molar-refractivity contribution is 7.69. The normalized spacial score (nSPS) is 28.7. The Morgan fingerprint density at radius 3 is 1.43 bits per heavy atom. The Balaban J connectivity index is 0.989. The number of hydrogen-bond acceptors (Lipinski definition) is 19. The highest BCUT2D eigenvalue weighted by Crippen LogP contribution is 2.71. The van der Waals surface area contributed by atoms with Gasteiger partial charge in [0.05, 0.1) is 48.7 Å². The number of nitrogens with two attached hydrogens (primary N) is 2. The second-order valence-electron chi connectivity index (χ2n) is 11.1. The van der Waals surface area contributed by atoms with E-state index in [4.69, 9.17) is 20.9 Å². The molecule has 2 fully saturated rings. The Hall–Kier alpha value is -2.76. The second-order valence-corrected chi connectivity index (χ2v) is 17.3. The van der Waals surface area contributed by atoms with Crippen molar-refractivity contribution in [3.05, 3.63) is 36.2 Å². The van der Waals surface area contributed by atoms with Gasteiger partial charge in [0.2, 0.25) is 0 Å². The van der Waals surface area contributed by atoms with Crippen molar-refractivity contribution in [2.45, 2.75) is 49.5 Å². The van der Waals surface area contributed by atoms with E-state index in [1.54, 1.807) is 0 Å². The average molecular weight is 802 g/mol. The summed E-state index contributed by atoms with van der Waals surface area (Å²) in [5.74, 6) is 0.312. The summed E-state index contributed by atoms with van der Waals surface area (Å²) in [6.45, 7) is -1.79. The first-order chi connectivity index (χ1) is 23.8. The fourth-order valence-electron chi connectivity index (χ4n) is 5.41. The van der Waals surface area contributed by atoms with Crippen molar-refractivity contribution in [2.24, 2.45) is 0 Å². The fourth-order valence-corrected chi connectivity index (χ4v) is 10.4. The molecule has 10 atom stereocenters. The maximum absolute atomic E-state index is 12.4. The molecular weight excluding hydrogens is 772 g/mol. The molecule has 280 valence electrons. The molecule has 0 bridgehead atoms. The molecule has 2 aliphatic heterocycles. The summed E-state index contributed by atoms with van der Waals surface area (Å²) in [6.07, 6.45) is -1.29. The van der Waals surface area contributed by atoms with Gasteiger partial charge in [-0.25, -0.2) is 38.2 Å². The molecule has 29 heteroatoms. The molecule has 0 aromatic carbocycles. The van der Waals surface area contributed by atoms with Crippen LogP contribution in [0.15, 0.2) is 25.0 Å². The smallest absolute Gasteiger partial charge is 0.390 e. The Morgan fingerprint density at radius 1 is 0.667 bits per heavy atom. The molecule has 4 unspecified atom stereocenters. The van der Waals surface area contributed by atoms with Crippen LogP contribution in [0, 0.1) is 0 Å². The number of nitrogen functional groups attached to an aromatic ring is 2. The van der Waals surface area contributed by atoms with E-state index in [9.17, 15) is 48.0 Å². The maximum atomic E-state index is 12.4. The van der Waals surface area contributed by atoms with Crippen LogP contribution in [0.4, 0.5) is 11.6 Å². The van der Waals surface area contributed by atoms with Gasteiger partial charge in [-0.1, -0.05) is 0 Å². The predicted octanol–water partition coefficient (Wildman–Crippen LogP) is 0.960. The number of aromatic nitrogens is 6. The Kier molecular flexibility index (Phi) is 10.6. The molecule has 6 rings (SSSR count). The van der Waals surface area contributed by atoms with Crippen molar-refractivity contribution < 1.29 is 79.5 Å². The van der Waals surface area contributed by atoms with Crippen molar-refractivity contribution in [1.82, 2.24) is 29.9 Å². The van der Waals surface area contributed by atoms with Crippen LogP contribution >= 0.6 is 31.3 Å². The molecular formula is C22H30N8O17P4. The number of aromatic amines is 2. The summed E-state index contributed by atoms with van der Waals surface area (Å²) in [4.78, 5) is 61.4. The van der Waals surface area contributed by atoms with Crippen LogP contribution in [-0.2, 0) is 49.7 Å². The molecule has 2 saturated heterocycles. The Labute approximate surface area is 284 Å². The van der Waals surface area contributed by atoms with Crippen LogP contribution in [-0.4, -0.2) is 97.3 Å². The average Bonchev–Trinajstić information content (AvgIpc) is 3.79. The number of nitrogens with one attached hydrogen (secondary N) is 2. The first-order valence-electron chi connectivity index (χ1n) is 14.4. The van der Waals surface area contributed by atoms with Gasteiger partial charge in [-0.3, -0.25) is 9.05 Å². The fraction of sp³-hybridized carbons (Fsp3) is 0.455. The van der Waals surface area contributed by atoms with Gasteiger partial charge in [-0.05, 0) is 0 Å². The SMILES string of the molecule is Nc1ncnc2c([C@H]3C[C@@H](O)[C@@H](COP(=O)(O)OP(=O)(O)OP(=O)(O)OP(=O)(O)OC[C@H]4O[C@@H](c5c[nH]c6c(N)ncnc56)C[C@H]4O)O3)c[nH]c12. The van der Waals surface area contributed by atoms with Gasteiger partial charge >= 0.3 is 31.3 Å². The van der Waals surface area contributed by atoms with E-state index < -0.39 is 81.1 Å². The highest BCUT2D eigenvalue weighted by Gasteiger charge is 2.47. The quantitative estimate of drug-likeness (QED) is 0.0793. The minimum absolute atomic E-state index is 0.0289. The summed E-state index contributed by atoms with van der Waals surface area (Å²) in [5, 5.41) is 20.8. The van der Waals surface area contributed by atoms with Crippen LogP contribution in [0.3, 0.4) is 0 Å². The van der Waals surface area contributed by atoms with Crippen LogP contribution in [0.1, 0.15) is 36.2 Å². The standard InChI is InChI=1S/C22H30N8O17P4/c23-21-19-17(27-7-29-21)9(3-25-19)13-1-11(31)15(43-13)5-41-48(33,34)45-50(37,38)47-51(39,40)46-49(35,36)42-6-16-12(32)2-14(44-16)10-4-26-20-18(10)28-8-30-22(20)24/h3-4,7-8,11-16,25-26,31-32H,1-2,5-6H2,(H,33,34)(H,35,36)(H,37,38)(H,39,40)(H2,23,27,29)(H2,24,28,30)/t11-,12-,13-,14-,15-,16-/m1/s1. The predicted molar refractivity (Wildman–Crippen MR) is 168 cm³/mol. The molecule has 0 saturated carbocycles. The van der Waals surface area contributed by atoms with E-state index in [1.165, 1.54) is 25.0 Å². The van der Waals surface area contributed by atoms with Crippen molar-refractivity contribution in [3.63, 3.8) is 0 Å². The molecule has 0 radical (unpaired) electrons. The molecule has 0 aliphatic carbocycles. The van der Waals surface area contributed by atoms with Crippen molar-refractivity contribution >= 4 is 65.0 Å². The lowest BCUT2D eigenvalue weighted by molar-refractivity contribution is -0.0221. The summed E-state index contributed by atoms with van der Waals surface area (Å²) in [6, 6.07) is 0. The number of phosphoric ester groups is 2. The third-order valence-corrected chi connectivity index (χ3v) is 13.5. The summed E-state index contributed by atoms with van der Waals surface area (Å²) < 4.78 is 81.9. The number of phosphoric acid groups is 4. The van der Waals surface area contributed by atoms with Crippen LogP contribution in [0.5, 0.6) is 0 Å². The zero-order valence-corrected chi connectivity index (χ0v) is 29.1. The minimum atomic E-state index is -6.08. The number of H-pyrrole nitrogens is 2. The van der Waals surface area contributed by atoms with Gasteiger partial charge in [0.1, 0.15) is 35.9 Å². The topological polar surface area (TPSA) is 389 Å². The van der Waals surface area contributed by atoms with Crippen molar-refractivity contribution in [2.75, 3.05) is 24.7 Å². The first-order valence-corrected chi connectivity index (χ1v) is 20.4. The monoisotopic (exact) mass is 802 g/mol. The molecule has 6 heterocycles. The third kappa shape index (κ3) is 8.73. The molecule has 0 amide bonds. The molecule has 4 aromatic rings. The number of aliphatic hydroxyl groups is 2. The number of fused-ring (bicyclic) bond motifs is 2. The minimum Gasteiger partial charge on any atom is -0.390 e. The molecule has 0 spiro atoms. The van der Waals surface area contributed by atoms with E-state index in [-0.39, 0.29) is 24.5 Å². The van der Waals surface area contributed by atoms with E-state index in [1.807, 2.05) is 0 Å². The lowest BCUT2D eigenvalue weighted by Crippen LogP contribution is -2.26. The number of rotatable bonds is 14. The number of anilines is 2. The van der Waals surface area contributed by atoms with Crippen LogP contribution in [0.25, 0.3) is 22.1 Å². The number of nitrogens with zero attached hydrogens (tertiary/aromatic N) is 4. The van der Waals surface area contributed by atoms with E-state index in [0.717, 1.165) is 0 Å². The van der Waals surface area contributed by atoms with E-state index in [2.05, 4.69) is 51.9 Å². The van der Waals surface area contributed by atoms with Gasteiger partial charge in [0, 0.05) is 36.4 Å². The van der Waals surface area contributed by atoms with Crippen LogP contribution in [0.2, 0.25) is 0 Å². The molecule has 51 heavy (non-hydrogen) atoms. The van der Waals surface area contributed by atoms with E-state index >= 15 is 0 Å². The maximum Gasteiger partial charge on any atom is 0.490 e. The van der Waals surface area contributed by atoms with Gasteiger partial charge in [0.15, 0.2) is 11.6 Å². The van der Waals surface area contributed by atoms with Gasteiger partial charge < -0.3 is 60.7 Å². The van der Waals surface area contributed by atoms with Gasteiger partial charge in [-0.2, -0.15) is 12.9 Å². The Bertz CT molecular complexity index is 1970. The molecule has 12 N–H and O–H groups in total. The Morgan fingerprint density at radius 2 is 1.04 bits per heavy atom. The number of ether oxygens (including phenoxy) is 2. The summed E-state index contributed by atoms with van der Waals surface area (Å²) >= 11 is 0. The first kappa shape index (κ1) is 38.0. The second kappa shape index (κ2) is 14.2. The molecule has 4 aromatic heterocycles. The zero-order chi connectivity index (χ0) is 36.9. The van der Waals surface area contributed by atoms with E-state index in [0.29, 0.717) is 33.2 Å². The molecule has 25 nitrogen and oxygen atoms in total. The van der Waals surface area contributed by atoms with Crippen molar-refractivity contribution in [3.8, 4) is 0 Å². The number of hydrogen-bond donors (Lipinski definition) is 10. The highest BCUT2D eigenvalue weighted by atomic mass is 31.3. The summed E-state index contributed by atoms with van der Waals surface area (Å²) in [7, 11) is -23.4.